The maximum atomic E-state index is 13.2. The Morgan fingerprint density at radius 1 is 0.964 bits per heavy atom. The molecule has 2 nitrogen and oxygen atoms in total. The summed E-state index contributed by atoms with van der Waals surface area (Å²) in [5.41, 5.74) is 1.51. The Balaban J connectivity index is 1.42. The van der Waals surface area contributed by atoms with E-state index in [4.69, 9.17) is 0 Å². The number of thioether (sulfide) groups is 1. The molecule has 148 valence electrons. The number of benzene rings is 1. The number of rotatable bonds is 3. The lowest BCUT2D eigenvalue weighted by atomic mass is 9.47. The number of Topliss-reactive ketones (excluding diaryl/α,β-unsaturated/α-hetero) is 1. The minimum atomic E-state index is -0.107. The molecular weight excluding hydrogens is 364 g/mol. The first kappa shape index (κ1) is 18.7. The highest BCUT2D eigenvalue weighted by Crippen LogP contribution is 2.65. The highest BCUT2D eigenvalue weighted by molar-refractivity contribution is 7.99. The standard InChI is InChI=1S/C25H30O2S/c1-24-13-11-18(26)15-17(24)7-8-20-21(24)12-14-25(22(20)9-10-23(25)27)16-28-19-5-3-2-4-6-19/h2-6,15,20-22H,7-14,16H2,1H3/t20-,21+,22+,24+,25-/m1/s1. The summed E-state index contributed by atoms with van der Waals surface area (Å²) < 4.78 is 0. The van der Waals surface area contributed by atoms with E-state index in [1.54, 1.807) is 0 Å². The number of carbonyl (C=O) groups excluding carboxylic acids is 2. The topological polar surface area (TPSA) is 34.1 Å². The largest absolute Gasteiger partial charge is 0.299 e. The highest BCUT2D eigenvalue weighted by Gasteiger charge is 2.60. The lowest BCUT2D eigenvalue weighted by Crippen LogP contribution is -2.52. The van der Waals surface area contributed by atoms with Gasteiger partial charge in [-0.2, -0.15) is 0 Å². The SMILES string of the molecule is C[C@]12CCC(=O)C=C1CC[C@H]1[C@@H]3CCC(=O)[C@@]3(CSc3ccccc3)CC[C@@H]12. The fraction of sp³-hybridized carbons (Fsp3) is 0.600. The molecule has 3 fully saturated rings. The van der Waals surface area contributed by atoms with Gasteiger partial charge in [0.25, 0.3) is 0 Å². The van der Waals surface area contributed by atoms with E-state index >= 15 is 0 Å². The number of ketones is 2. The first-order valence-electron chi connectivity index (χ1n) is 11.0. The smallest absolute Gasteiger partial charge is 0.155 e. The molecule has 4 aliphatic rings. The summed E-state index contributed by atoms with van der Waals surface area (Å²) in [6, 6.07) is 10.6. The molecule has 4 aliphatic carbocycles. The molecule has 0 radical (unpaired) electrons. The lowest BCUT2D eigenvalue weighted by Gasteiger charge is -2.57. The Labute approximate surface area is 172 Å². The van der Waals surface area contributed by atoms with Crippen molar-refractivity contribution >= 4 is 23.3 Å². The van der Waals surface area contributed by atoms with Gasteiger partial charge >= 0.3 is 0 Å². The molecule has 1 aromatic rings. The van der Waals surface area contributed by atoms with Gasteiger partial charge in [-0.1, -0.05) is 30.7 Å². The van der Waals surface area contributed by atoms with E-state index in [1.807, 2.05) is 17.8 Å². The van der Waals surface area contributed by atoms with Gasteiger partial charge in [0, 0.05) is 28.9 Å². The summed E-state index contributed by atoms with van der Waals surface area (Å²) in [5, 5.41) is 0. The second-order valence-corrected chi connectivity index (χ2v) is 10.8. The first-order valence-corrected chi connectivity index (χ1v) is 12.0. The highest BCUT2D eigenvalue weighted by atomic mass is 32.2. The third kappa shape index (κ3) is 2.76. The molecule has 5 atom stereocenters. The van der Waals surface area contributed by atoms with E-state index < -0.39 is 0 Å². The number of fused-ring (bicyclic) bond motifs is 5. The average Bonchev–Trinajstić information content (AvgIpc) is 3.05. The van der Waals surface area contributed by atoms with Crippen molar-refractivity contribution in [3.63, 3.8) is 0 Å². The molecule has 0 saturated heterocycles. The van der Waals surface area contributed by atoms with Crippen LogP contribution in [0.2, 0.25) is 0 Å². The third-order valence-corrected chi connectivity index (χ3v) is 9.91. The summed E-state index contributed by atoms with van der Waals surface area (Å²) in [4.78, 5) is 26.4. The van der Waals surface area contributed by atoms with Crippen molar-refractivity contribution in [3.05, 3.63) is 42.0 Å². The Bertz CT molecular complexity index is 828. The van der Waals surface area contributed by atoms with E-state index in [0.29, 0.717) is 35.7 Å². The molecule has 0 bridgehead atoms. The Hall–Kier alpha value is -1.35. The van der Waals surface area contributed by atoms with E-state index in [-0.39, 0.29) is 10.8 Å². The fourth-order valence-electron chi connectivity index (χ4n) is 7.14. The number of carbonyl (C=O) groups is 2. The molecule has 28 heavy (non-hydrogen) atoms. The van der Waals surface area contributed by atoms with Gasteiger partial charge in [0.1, 0.15) is 5.78 Å². The summed E-state index contributed by atoms with van der Waals surface area (Å²) in [5.74, 6) is 3.67. The predicted octanol–water partition coefficient (Wildman–Crippen LogP) is 5.86. The quantitative estimate of drug-likeness (QED) is 0.602. The van der Waals surface area contributed by atoms with Gasteiger partial charge in [0.05, 0.1) is 0 Å². The molecular formula is C25H30O2S. The molecule has 0 unspecified atom stereocenters. The van der Waals surface area contributed by atoms with Crippen molar-refractivity contribution in [1.29, 1.82) is 0 Å². The average molecular weight is 395 g/mol. The Morgan fingerprint density at radius 2 is 1.79 bits per heavy atom. The molecule has 0 aliphatic heterocycles. The van der Waals surface area contributed by atoms with Gasteiger partial charge in [-0.3, -0.25) is 9.59 Å². The van der Waals surface area contributed by atoms with Crippen LogP contribution in [-0.4, -0.2) is 17.3 Å². The Morgan fingerprint density at radius 3 is 2.61 bits per heavy atom. The summed E-state index contributed by atoms with van der Waals surface area (Å²) in [6.45, 7) is 2.42. The Kier molecular flexibility index (Phi) is 4.58. The molecule has 3 heteroatoms. The third-order valence-electron chi connectivity index (χ3n) is 8.65. The van der Waals surface area contributed by atoms with Crippen molar-refractivity contribution in [3.8, 4) is 0 Å². The zero-order valence-electron chi connectivity index (χ0n) is 16.8. The van der Waals surface area contributed by atoms with Crippen molar-refractivity contribution < 1.29 is 9.59 Å². The predicted molar refractivity (Wildman–Crippen MR) is 113 cm³/mol. The minimum absolute atomic E-state index is 0.107. The van der Waals surface area contributed by atoms with Crippen LogP contribution in [0.5, 0.6) is 0 Å². The minimum Gasteiger partial charge on any atom is -0.299 e. The van der Waals surface area contributed by atoms with Crippen LogP contribution in [0.4, 0.5) is 0 Å². The van der Waals surface area contributed by atoms with Gasteiger partial charge in [0.2, 0.25) is 0 Å². The summed E-state index contributed by atoms with van der Waals surface area (Å²) >= 11 is 1.88. The molecule has 0 heterocycles. The van der Waals surface area contributed by atoms with Crippen LogP contribution in [-0.2, 0) is 9.59 Å². The maximum Gasteiger partial charge on any atom is 0.155 e. The summed E-state index contributed by atoms with van der Waals surface area (Å²) in [6.07, 6.45) is 10.0. The number of allylic oxidation sites excluding steroid dienone is 1. The normalized spacial score (nSPS) is 39.8. The van der Waals surface area contributed by atoms with E-state index in [1.165, 1.54) is 16.9 Å². The van der Waals surface area contributed by atoms with Crippen LogP contribution >= 0.6 is 11.8 Å². The molecule has 3 saturated carbocycles. The zero-order chi connectivity index (χ0) is 19.4. The number of hydrogen-bond acceptors (Lipinski definition) is 3. The van der Waals surface area contributed by atoms with Crippen LogP contribution in [0.25, 0.3) is 0 Å². The van der Waals surface area contributed by atoms with Crippen molar-refractivity contribution in [2.45, 2.75) is 63.2 Å². The molecule has 0 aromatic heterocycles. The molecule has 0 N–H and O–H groups in total. The fourth-order valence-corrected chi connectivity index (χ4v) is 8.43. The molecule has 0 spiro atoms. The van der Waals surface area contributed by atoms with Gasteiger partial charge in [-0.15, -0.1) is 11.8 Å². The van der Waals surface area contributed by atoms with E-state index in [0.717, 1.165) is 44.3 Å². The van der Waals surface area contributed by atoms with Crippen LogP contribution in [0, 0.1) is 28.6 Å². The number of hydrogen-bond donors (Lipinski definition) is 0. The molecule has 5 rings (SSSR count). The van der Waals surface area contributed by atoms with Gasteiger partial charge in [-0.05, 0) is 79.9 Å². The van der Waals surface area contributed by atoms with Crippen LogP contribution < -0.4 is 0 Å². The van der Waals surface area contributed by atoms with Gasteiger partial charge in [-0.25, -0.2) is 0 Å². The second-order valence-electron chi connectivity index (χ2n) is 9.73. The second kappa shape index (κ2) is 6.86. The van der Waals surface area contributed by atoms with Crippen molar-refractivity contribution in [2.24, 2.45) is 28.6 Å². The summed E-state index contributed by atoms with van der Waals surface area (Å²) in [7, 11) is 0. The van der Waals surface area contributed by atoms with E-state index in [2.05, 4.69) is 37.3 Å². The zero-order valence-corrected chi connectivity index (χ0v) is 17.6. The van der Waals surface area contributed by atoms with Crippen LogP contribution in [0.15, 0.2) is 46.9 Å². The maximum absolute atomic E-state index is 13.2. The first-order chi connectivity index (χ1) is 13.5. The van der Waals surface area contributed by atoms with Crippen LogP contribution in [0.1, 0.15) is 58.3 Å². The molecule has 0 amide bonds. The van der Waals surface area contributed by atoms with Crippen molar-refractivity contribution in [1.82, 2.24) is 0 Å². The van der Waals surface area contributed by atoms with Crippen molar-refractivity contribution in [2.75, 3.05) is 5.75 Å². The van der Waals surface area contributed by atoms with Gasteiger partial charge < -0.3 is 0 Å². The molecule has 1 aromatic carbocycles. The van der Waals surface area contributed by atoms with Crippen LogP contribution in [0.3, 0.4) is 0 Å². The lowest BCUT2D eigenvalue weighted by molar-refractivity contribution is -0.132. The van der Waals surface area contributed by atoms with E-state index in [9.17, 15) is 9.59 Å². The van der Waals surface area contributed by atoms with Gasteiger partial charge in [0.15, 0.2) is 5.78 Å². The monoisotopic (exact) mass is 394 g/mol.